The van der Waals surface area contributed by atoms with E-state index in [1.807, 2.05) is 57.0 Å². The van der Waals surface area contributed by atoms with Gasteiger partial charge in [-0.25, -0.2) is 15.2 Å². The van der Waals surface area contributed by atoms with Crippen molar-refractivity contribution in [3.63, 3.8) is 0 Å². The number of cyclic esters (lactones) is 1. The molecule has 3 aromatic rings. The lowest BCUT2D eigenvalue weighted by Gasteiger charge is -2.42. The fourth-order valence-corrected chi connectivity index (χ4v) is 15.3. The number of esters is 1. The lowest BCUT2D eigenvalue weighted by molar-refractivity contribution is -0.156. The van der Waals surface area contributed by atoms with E-state index in [1.54, 1.807) is 31.3 Å². The number of pyridine rings is 1. The number of methoxy groups -OCH3 is 1. The first kappa shape index (κ1) is 60.1. The van der Waals surface area contributed by atoms with Gasteiger partial charge in [0.25, 0.3) is 5.91 Å². The number of hydrogen-bond donors (Lipinski definition) is 4. The van der Waals surface area contributed by atoms with E-state index in [4.69, 9.17) is 19.2 Å². The van der Waals surface area contributed by atoms with Gasteiger partial charge in [-0.15, -0.1) is 5.53 Å². The number of urea groups is 1. The molecule has 1 aromatic carbocycles. The molecule has 12 rings (SSSR count). The Morgan fingerprint density at radius 1 is 0.907 bits per heavy atom. The first-order chi connectivity index (χ1) is 41.2. The number of fused-ring (bicyclic) bond motifs is 8. The topological polar surface area (TPSA) is 202 Å². The van der Waals surface area contributed by atoms with Crippen molar-refractivity contribution in [2.75, 3.05) is 83.0 Å². The van der Waals surface area contributed by atoms with Crippen molar-refractivity contribution in [2.45, 2.75) is 179 Å². The summed E-state index contributed by atoms with van der Waals surface area (Å²) < 4.78 is 65.8. The Kier molecular flexibility index (Phi) is 17.0. The Morgan fingerprint density at radius 3 is 2.33 bits per heavy atom. The number of rotatable bonds is 11. The minimum Gasteiger partial charge on any atom is -0.464 e. The number of ether oxygens (including phenoxy) is 3. The highest BCUT2D eigenvalue weighted by Gasteiger charge is 2.50. The van der Waals surface area contributed by atoms with Crippen molar-refractivity contribution in [2.24, 2.45) is 17.3 Å². The van der Waals surface area contributed by atoms with Crippen LogP contribution in [0.2, 0.25) is 0 Å². The van der Waals surface area contributed by atoms with Gasteiger partial charge in [0, 0.05) is 130 Å². The van der Waals surface area contributed by atoms with Crippen LogP contribution in [0.5, 0.6) is 0 Å². The molecule has 5 amide bonds. The molecule has 7 atom stereocenters. The zero-order valence-electron chi connectivity index (χ0n) is 50.6. The summed E-state index contributed by atoms with van der Waals surface area (Å²) in [4.78, 5) is 88.7. The number of nitrogens with one attached hydrogen (secondary N) is 4. The molecule has 0 radical (unpaired) electrons. The number of aromatic nitrogens is 2. The number of piperidine rings is 1. The van der Waals surface area contributed by atoms with Crippen LogP contribution in [0.25, 0.3) is 22.2 Å². The van der Waals surface area contributed by atoms with E-state index in [0.29, 0.717) is 71.7 Å². The van der Waals surface area contributed by atoms with Gasteiger partial charge in [-0.3, -0.25) is 34.1 Å². The molecule has 2 aliphatic carbocycles. The fraction of sp³-hybridized carbons (Fsp3) is 0.677. The Balaban J connectivity index is 0.870. The Hall–Kier alpha value is -6.21. The molecule has 2 unspecified atom stereocenters. The molecule has 4 N–H and O–H groups in total. The SMILES string of the molecule is CO[C@@H](C)c1ncc(N2CCN(C3CC3)CC2)cc1-c1c2c3cc(ccc3n1CC(F)(F)F)N1CCO[C@@H](C[C@H](NC(=O)[C@H](C3CCCC3)N(C)C(=O)C3CC4CCC(C3)N4C(=O)N3C=C(C)NN3)C(=O)N3CCC[C@H](N3)C(=O)OCC(C)(C)C2)C1. The third-order valence-corrected chi connectivity index (χ3v) is 19.8. The summed E-state index contributed by atoms with van der Waals surface area (Å²) >= 11 is 0. The molecule has 5 saturated heterocycles. The number of hydrazine groups is 3. The van der Waals surface area contributed by atoms with E-state index in [0.717, 1.165) is 81.8 Å². The first-order valence-corrected chi connectivity index (χ1v) is 31.4. The normalized spacial score (nSPS) is 27.6. The molecule has 9 aliphatic rings. The first-order valence-electron chi connectivity index (χ1n) is 31.4. The number of hydrogen-bond acceptors (Lipinski definition) is 15. The molecule has 0 spiro atoms. The van der Waals surface area contributed by atoms with E-state index < -0.39 is 72.2 Å². The van der Waals surface area contributed by atoms with Gasteiger partial charge in [-0.2, -0.15) is 13.2 Å². The molecular formula is C62H86F3N13O8. The van der Waals surface area contributed by atoms with Crippen LogP contribution < -0.4 is 31.5 Å². The van der Waals surface area contributed by atoms with Gasteiger partial charge in [0.1, 0.15) is 24.7 Å². The van der Waals surface area contributed by atoms with Crippen molar-refractivity contribution >= 4 is 52.0 Å². The number of carbonyl (C=O) groups is 5. The van der Waals surface area contributed by atoms with Crippen LogP contribution in [0.3, 0.4) is 0 Å². The van der Waals surface area contributed by atoms with Gasteiger partial charge < -0.3 is 49.1 Å². The maximum absolute atomic E-state index is 15.3. The number of anilines is 2. The summed E-state index contributed by atoms with van der Waals surface area (Å²) in [7, 11) is 3.26. The van der Waals surface area contributed by atoms with Crippen LogP contribution in [0, 0.1) is 17.3 Å². The van der Waals surface area contributed by atoms with Gasteiger partial charge in [0.15, 0.2) is 0 Å². The second kappa shape index (κ2) is 24.4. The zero-order chi connectivity index (χ0) is 60.3. The minimum atomic E-state index is -4.61. The number of amides is 5. The van der Waals surface area contributed by atoms with E-state index in [1.165, 1.54) is 27.4 Å². The number of nitrogens with zero attached hydrogens (tertiary/aromatic N) is 9. The van der Waals surface area contributed by atoms with E-state index in [9.17, 15) is 14.4 Å². The highest BCUT2D eigenvalue weighted by molar-refractivity contribution is 5.96. The molecule has 2 saturated carbocycles. The molecule has 468 valence electrons. The molecule has 24 heteroatoms. The molecule has 7 aliphatic heterocycles. The Morgan fingerprint density at radius 2 is 1.64 bits per heavy atom. The number of morpholine rings is 1. The Bertz CT molecular complexity index is 3070. The summed E-state index contributed by atoms with van der Waals surface area (Å²) in [6.45, 7) is 10.8. The van der Waals surface area contributed by atoms with E-state index in [-0.39, 0.29) is 69.1 Å². The zero-order valence-corrected chi connectivity index (χ0v) is 50.6. The molecule has 86 heavy (non-hydrogen) atoms. The summed E-state index contributed by atoms with van der Waals surface area (Å²) in [5, 5.41) is 6.63. The number of likely N-dealkylation sites (N-methyl/N-ethyl adjacent to an activating group) is 1. The predicted octanol–water partition coefficient (Wildman–Crippen LogP) is 6.52. The summed E-state index contributed by atoms with van der Waals surface area (Å²) in [6, 6.07) is 4.77. The van der Waals surface area contributed by atoms with Crippen LogP contribution in [-0.4, -0.2) is 186 Å². The van der Waals surface area contributed by atoms with Crippen LogP contribution >= 0.6 is 0 Å². The standard InChI is InChI=1S/C62H86F3N13O8/c1-37-33-77(70-68-37)60(83)78-43-15-16-44(78)27-40(26-43)57(80)71(5)54(39-10-7-8-11-39)56(79)67-51-30-46-34-74(24-25-85-46)42-17-18-52-47(28-42)49(31-61(3,4)36-86-59(82)50-12-9-19-76(69-50)58(51)81)55(75(52)35-62(63,64)65)48-29-45(32-66-53(48)38(2)84-6)73-22-20-72(21-23-73)41-13-14-41/h17-18,28-29,32-33,38-41,43-44,46,50-51,54,68-70H,7-16,19-27,30-31,34-36H2,1-6H3,(H,67,79)/t38-,40?,43?,44?,46-,50-,51-,54-/m0/s1. The van der Waals surface area contributed by atoms with Gasteiger partial charge in [0.05, 0.1) is 48.7 Å². The van der Waals surface area contributed by atoms with Crippen LogP contribution in [0.4, 0.5) is 29.3 Å². The lowest BCUT2D eigenvalue weighted by atomic mass is 9.84. The number of piperazine rings is 1. The molecule has 2 aromatic heterocycles. The number of alkyl halides is 3. The summed E-state index contributed by atoms with van der Waals surface area (Å²) in [5.41, 5.74) is 13.0. The second-order valence-electron chi connectivity index (χ2n) is 26.6. The number of allylic oxidation sites excluding steroid dienone is 1. The molecule has 21 nitrogen and oxygen atoms in total. The number of carbonyl (C=O) groups excluding carboxylic acids is 5. The van der Waals surface area contributed by atoms with Gasteiger partial charge in [-0.05, 0) is 120 Å². The van der Waals surface area contributed by atoms with Crippen molar-refractivity contribution in [1.82, 2.24) is 56.0 Å². The van der Waals surface area contributed by atoms with Gasteiger partial charge >= 0.3 is 18.2 Å². The average molecular weight is 1200 g/mol. The second-order valence-corrected chi connectivity index (χ2v) is 26.6. The third kappa shape index (κ3) is 12.5. The van der Waals surface area contributed by atoms with Crippen molar-refractivity contribution in [3.05, 3.63) is 53.6 Å². The van der Waals surface area contributed by atoms with Crippen LogP contribution in [0.1, 0.15) is 129 Å². The maximum atomic E-state index is 15.3. The van der Waals surface area contributed by atoms with Crippen molar-refractivity contribution in [1.29, 1.82) is 0 Å². The lowest BCUT2D eigenvalue weighted by Crippen LogP contribution is -2.63. The highest BCUT2D eigenvalue weighted by Crippen LogP contribution is 2.46. The fourth-order valence-electron chi connectivity index (χ4n) is 15.3. The largest absolute Gasteiger partial charge is 0.464 e. The summed E-state index contributed by atoms with van der Waals surface area (Å²) in [6.07, 6.45) is 6.97. The molecule has 7 fully saturated rings. The predicted molar refractivity (Wildman–Crippen MR) is 315 cm³/mol. The average Bonchev–Trinajstić information content (AvgIpc) is 3.64. The monoisotopic (exact) mass is 1200 g/mol. The maximum Gasteiger partial charge on any atom is 0.406 e. The molecular weight excluding hydrogens is 1110 g/mol. The van der Waals surface area contributed by atoms with E-state index in [2.05, 4.69) is 36.4 Å². The quantitative estimate of drug-likeness (QED) is 0.151. The van der Waals surface area contributed by atoms with Crippen LogP contribution in [0.15, 0.2) is 42.4 Å². The van der Waals surface area contributed by atoms with Crippen LogP contribution in [-0.2, 0) is 46.4 Å². The van der Waals surface area contributed by atoms with Gasteiger partial charge in [-0.1, -0.05) is 26.7 Å². The van der Waals surface area contributed by atoms with Crippen molar-refractivity contribution in [3.8, 4) is 11.3 Å². The summed E-state index contributed by atoms with van der Waals surface area (Å²) in [5.74, 6) is -2.21. The smallest absolute Gasteiger partial charge is 0.406 e. The molecule has 9 heterocycles. The number of benzene rings is 1. The third-order valence-electron chi connectivity index (χ3n) is 19.8. The minimum absolute atomic E-state index is 0.0442. The molecule has 8 bridgehead atoms. The highest BCUT2D eigenvalue weighted by atomic mass is 19.4. The van der Waals surface area contributed by atoms with E-state index >= 15 is 22.8 Å². The van der Waals surface area contributed by atoms with Gasteiger partial charge in [0.2, 0.25) is 11.8 Å². The number of halogens is 3. The Labute approximate surface area is 501 Å². The van der Waals surface area contributed by atoms with Crippen molar-refractivity contribution < 1.29 is 51.4 Å².